The van der Waals surface area contributed by atoms with Crippen LogP contribution in [-0.4, -0.2) is 25.6 Å². The predicted molar refractivity (Wildman–Crippen MR) is 84.4 cm³/mol. The van der Waals surface area contributed by atoms with E-state index in [1.807, 2.05) is 23.6 Å². The van der Waals surface area contributed by atoms with Gasteiger partial charge >= 0.3 is 5.97 Å². The zero-order valence-electron chi connectivity index (χ0n) is 12.0. The molecular formula is C16H14ClN3O2. The molecule has 0 saturated carbocycles. The number of carboxylic acids is 1. The van der Waals surface area contributed by atoms with E-state index < -0.39 is 5.97 Å². The number of aromatic carboxylic acids is 1. The van der Waals surface area contributed by atoms with Gasteiger partial charge in [-0.05, 0) is 23.8 Å². The monoisotopic (exact) mass is 315 g/mol. The van der Waals surface area contributed by atoms with E-state index in [9.17, 15) is 4.79 Å². The first-order valence-corrected chi connectivity index (χ1v) is 7.29. The number of hydrogen-bond donors (Lipinski definition) is 1. The summed E-state index contributed by atoms with van der Waals surface area (Å²) >= 11 is 5.96. The minimum absolute atomic E-state index is 0.278. The second-order valence-corrected chi connectivity index (χ2v) is 5.40. The third kappa shape index (κ3) is 2.67. The molecule has 0 bridgehead atoms. The van der Waals surface area contributed by atoms with Gasteiger partial charge in [-0.3, -0.25) is 0 Å². The lowest BCUT2D eigenvalue weighted by molar-refractivity contribution is 0.0697. The lowest BCUT2D eigenvalue weighted by Crippen LogP contribution is -2.05. The Labute approximate surface area is 132 Å². The molecule has 0 atom stereocenters. The van der Waals surface area contributed by atoms with Crippen molar-refractivity contribution in [1.29, 1.82) is 0 Å². The number of benzene rings is 1. The standard InChI is InChI=1S/C16H14ClN3O2/c1-2-14-19-13-7-12(17)8-18-15(13)20(14)9-10-3-5-11(6-4-10)16(21)22/h3-8H,2,9H2,1H3,(H,21,22). The molecule has 2 heterocycles. The molecule has 1 aromatic carbocycles. The minimum atomic E-state index is -0.926. The van der Waals surface area contributed by atoms with Crippen molar-refractivity contribution in [3.05, 3.63) is 58.5 Å². The number of aromatic nitrogens is 3. The highest BCUT2D eigenvalue weighted by atomic mass is 35.5. The molecule has 112 valence electrons. The van der Waals surface area contributed by atoms with E-state index in [0.717, 1.165) is 29.0 Å². The maximum Gasteiger partial charge on any atom is 0.335 e. The van der Waals surface area contributed by atoms with Crippen LogP contribution in [0.1, 0.15) is 28.7 Å². The average molecular weight is 316 g/mol. The molecule has 2 aromatic heterocycles. The fourth-order valence-corrected chi connectivity index (χ4v) is 2.56. The molecule has 0 unspecified atom stereocenters. The summed E-state index contributed by atoms with van der Waals surface area (Å²) in [5, 5.41) is 9.50. The Bertz CT molecular complexity index is 840. The quantitative estimate of drug-likeness (QED) is 0.801. The molecule has 0 aliphatic heterocycles. The number of carbonyl (C=O) groups is 1. The number of fused-ring (bicyclic) bond motifs is 1. The molecule has 0 aliphatic rings. The maximum atomic E-state index is 10.9. The molecule has 0 fully saturated rings. The van der Waals surface area contributed by atoms with Crippen LogP contribution in [0.3, 0.4) is 0 Å². The van der Waals surface area contributed by atoms with E-state index in [1.54, 1.807) is 24.4 Å². The second-order valence-electron chi connectivity index (χ2n) is 4.97. The number of hydrogen-bond acceptors (Lipinski definition) is 3. The molecule has 22 heavy (non-hydrogen) atoms. The summed E-state index contributed by atoms with van der Waals surface area (Å²) in [7, 11) is 0. The van der Waals surface area contributed by atoms with Crippen LogP contribution in [0.25, 0.3) is 11.2 Å². The second kappa shape index (κ2) is 5.77. The van der Waals surface area contributed by atoms with E-state index in [-0.39, 0.29) is 5.56 Å². The van der Waals surface area contributed by atoms with E-state index >= 15 is 0 Å². The van der Waals surface area contributed by atoms with Crippen molar-refractivity contribution in [1.82, 2.24) is 14.5 Å². The van der Waals surface area contributed by atoms with Crippen molar-refractivity contribution in [2.24, 2.45) is 0 Å². The first-order chi connectivity index (χ1) is 10.6. The Kier molecular flexibility index (Phi) is 3.81. The summed E-state index contributed by atoms with van der Waals surface area (Å²) in [6.45, 7) is 2.63. The van der Waals surface area contributed by atoms with E-state index in [0.29, 0.717) is 11.6 Å². The van der Waals surface area contributed by atoms with Gasteiger partial charge in [0.25, 0.3) is 0 Å². The number of carboxylic acid groups (broad SMARTS) is 1. The molecule has 1 N–H and O–H groups in total. The number of nitrogens with zero attached hydrogens (tertiary/aromatic N) is 3. The van der Waals surface area contributed by atoms with Gasteiger partial charge < -0.3 is 9.67 Å². The fourth-order valence-electron chi connectivity index (χ4n) is 2.40. The predicted octanol–water partition coefficient (Wildman–Crippen LogP) is 3.39. The zero-order chi connectivity index (χ0) is 15.7. The van der Waals surface area contributed by atoms with Crippen molar-refractivity contribution in [3.8, 4) is 0 Å². The van der Waals surface area contributed by atoms with Gasteiger partial charge in [-0.15, -0.1) is 0 Å². The Balaban J connectivity index is 2.00. The highest BCUT2D eigenvalue weighted by Gasteiger charge is 2.12. The topological polar surface area (TPSA) is 68.0 Å². The Morgan fingerprint density at radius 2 is 2.05 bits per heavy atom. The molecule has 5 nitrogen and oxygen atoms in total. The summed E-state index contributed by atoms with van der Waals surface area (Å²) in [6.07, 6.45) is 2.39. The zero-order valence-corrected chi connectivity index (χ0v) is 12.7. The highest BCUT2D eigenvalue weighted by Crippen LogP contribution is 2.20. The molecule has 3 aromatic rings. The van der Waals surface area contributed by atoms with Crippen LogP contribution >= 0.6 is 11.6 Å². The first-order valence-electron chi connectivity index (χ1n) is 6.91. The van der Waals surface area contributed by atoms with Crippen molar-refractivity contribution in [2.75, 3.05) is 0 Å². The van der Waals surface area contributed by atoms with Crippen LogP contribution < -0.4 is 0 Å². The SMILES string of the molecule is CCc1nc2cc(Cl)cnc2n1Cc1ccc(C(=O)O)cc1. The Morgan fingerprint density at radius 3 is 2.68 bits per heavy atom. The number of halogens is 1. The normalized spacial score (nSPS) is 11.0. The van der Waals surface area contributed by atoms with Crippen molar-refractivity contribution >= 4 is 28.7 Å². The van der Waals surface area contributed by atoms with Crippen molar-refractivity contribution < 1.29 is 9.90 Å². The van der Waals surface area contributed by atoms with E-state index in [1.165, 1.54) is 0 Å². The molecule has 0 amide bonds. The molecule has 0 spiro atoms. The van der Waals surface area contributed by atoms with Crippen LogP contribution in [0.15, 0.2) is 36.5 Å². The largest absolute Gasteiger partial charge is 0.478 e. The van der Waals surface area contributed by atoms with Crippen LogP contribution in [-0.2, 0) is 13.0 Å². The van der Waals surface area contributed by atoms with Crippen molar-refractivity contribution in [3.63, 3.8) is 0 Å². The van der Waals surface area contributed by atoms with Gasteiger partial charge in [-0.25, -0.2) is 14.8 Å². The van der Waals surface area contributed by atoms with E-state index in [4.69, 9.17) is 16.7 Å². The van der Waals surface area contributed by atoms with Gasteiger partial charge in [-0.2, -0.15) is 0 Å². The Morgan fingerprint density at radius 1 is 1.32 bits per heavy atom. The first kappa shape index (κ1) is 14.5. The molecule has 3 rings (SSSR count). The van der Waals surface area contributed by atoms with Gasteiger partial charge in [0.1, 0.15) is 11.3 Å². The molecule has 6 heteroatoms. The summed E-state index contributed by atoms with van der Waals surface area (Å²) in [5.74, 6) is -0.00253. The summed E-state index contributed by atoms with van der Waals surface area (Å²) < 4.78 is 2.03. The summed E-state index contributed by atoms with van der Waals surface area (Å²) in [4.78, 5) is 19.8. The van der Waals surface area contributed by atoms with Gasteiger partial charge in [-0.1, -0.05) is 30.7 Å². The number of rotatable bonds is 4. The highest BCUT2D eigenvalue weighted by molar-refractivity contribution is 6.31. The van der Waals surface area contributed by atoms with Crippen LogP contribution in [0.2, 0.25) is 5.02 Å². The Hall–Kier alpha value is -2.40. The van der Waals surface area contributed by atoms with Gasteiger partial charge in [0.15, 0.2) is 5.65 Å². The average Bonchev–Trinajstić information content (AvgIpc) is 2.84. The van der Waals surface area contributed by atoms with Gasteiger partial charge in [0, 0.05) is 12.6 Å². The molecule has 0 saturated heterocycles. The van der Waals surface area contributed by atoms with Gasteiger partial charge in [0.2, 0.25) is 0 Å². The van der Waals surface area contributed by atoms with E-state index in [2.05, 4.69) is 9.97 Å². The summed E-state index contributed by atoms with van der Waals surface area (Å²) in [5.41, 5.74) is 2.82. The van der Waals surface area contributed by atoms with Gasteiger partial charge in [0.05, 0.1) is 17.1 Å². The van der Waals surface area contributed by atoms with Crippen molar-refractivity contribution in [2.45, 2.75) is 19.9 Å². The van der Waals surface area contributed by atoms with Crippen LogP contribution in [0.5, 0.6) is 0 Å². The number of pyridine rings is 1. The third-order valence-corrected chi connectivity index (χ3v) is 3.70. The number of aryl methyl sites for hydroxylation is 1. The van der Waals surface area contributed by atoms with Crippen LogP contribution in [0.4, 0.5) is 0 Å². The molecule has 0 radical (unpaired) electrons. The molecule has 0 aliphatic carbocycles. The fraction of sp³-hybridized carbons (Fsp3) is 0.188. The maximum absolute atomic E-state index is 10.9. The lowest BCUT2D eigenvalue weighted by Gasteiger charge is -2.08. The van der Waals surface area contributed by atoms with Crippen LogP contribution in [0, 0.1) is 0 Å². The molecular weight excluding hydrogens is 302 g/mol. The summed E-state index contributed by atoms with van der Waals surface area (Å²) in [6, 6.07) is 8.63. The minimum Gasteiger partial charge on any atom is -0.478 e. The number of imidazole rings is 1. The smallest absolute Gasteiger partial charge is 0.335 e. The third-order valence-electron chi connectivity index (χ3n) is 3.49. The lowest BCUT2D eigenvalue weighted by atomic mass is 10.1.